The molecule has 0 bridgehead atoms. The highest BCUT2D eigenvalue weighted by atomic mass is 32.2. The van der Waals surface area contributed by atoms with Crippen molar-refractivity contribution in [1.29, 1.82) is 0 Å². The van der Waals surface area contributed by atoms with Crippen LogP contribution in [-0.2, 0) is 19.1 Å². The summed E-state index contributed by atoms with van der Waals surface area (Å²) in [5.41, 5.74) is 1.04. The lowest BCUT2D eigenvalue weighted by molar-refractivity contribution is -0.137. The lowest BCUT2D eigenvalue weighted by Gasteiger charge is -2.26. The molecule has 0 fully saturated rings. The van der Waals surface area contributed by atoms with Crippen molar-refractivity contribution in [3.05, 3.63) is 120 Å². The molecule has 0 atom stereocenters. The quantitative estimate of drug-likeness (QED) is 0.104. The van der Waals surface area contributed by atoms with Crippen LogP contribution in [0.1, 0.15) is 16.7 Å². The van der Waals surface area contributed by atoms with Gasteiger partial charge < -0.3 is 14.7 Å². The second kappa shape index (κ2) is 12.7. The van der Waals surface area contributed by atoms with Crippen molar-refractivity contribution in [2.45, 2.75) is 24.0 Å². The van der Waals surface area contributed by atoms with Crippen LogP contribution in [0.15, 0.2) is 107 Å². The zero-order valence-electron chi connectivity index (χ0n) is 21.0. The second-order valence-electron chi connectivity index (χ2n) is 8.69. The van der Waals surface area contributed by atoms with Gasteiger partial charge >= 0.3 is 6.18 Å². The Balaban J connectivity index is 1.75. The average molecular weight is 555 g/mol. The number of phenolic OH excluding ortho intramolecular Hbond substituents is 1. The van der Waals surface area contributed by atoms with E-state index >= 15 is 0 Å². The summed E-state index contributed by atoms with van der Waals surface area (Å²) in [5, 5.41) is 10.5. The zero-order chi connectivity index (χ0) is 27.8. The molecular weight excluding hydrogens is 528 g/mol. The van der Waals surface area contributed by atoms with E-state index in [1.807, 2.05) is 29.2 Å². The summed E-state index contributed by atoms with van der Waals surface area (Å²) >= 11 is 1.29. The summed E-state index contributed by atoms with van der Waals surface area (Å²) in [6.07, 6.45) is -3.98. The van der Waals surface area contributed by atoms with Crippen molar-refractivity contribution < 1.29 is 27.4 Å². The van der Waals surface area contributed by atoms with Gasteiger partial charge in [0, 0.05) is 18.0 Å². The number of benzene rings is 4. The van der Waals surface area contributed by atoms with Crippen LogP contribution in [0.5, 0.6) is 11.5 Å². The number of thioether (sulfide) groups is 1. The number of hydrogen-bond acceptors (Lipinski definition) is 4. The SMILES string of the molecule is COc1cccc(SC(=Nc2cccc(C(F)(F)F)c2)N(CCc2ccc(F)cc2)Cc2cccc(O)c2)c1. The van der Waals surface area contributed by atoms with E-state index in [0.717, 1.165) is 28.2 Å². The van der Waals surface area contributed by atoms with Crippen molar-refractivity contribution in [3.63, 3.8) is 0 Å². The topological polar surface area (TPSA) is 45.1 Å². The van der Waals surface area contributed by atoms with Gasteiger partial charge in [0.05, 0.1) is 18.4 Å². The Bertz CT molecular complexity index is 1430. The lowest BCUT2D eigenvalue weighted by atomic mass is 10.1. The van der Waals surface area contributed by atoms with Gasteiger partial charge in [-0.15, -0.1) is 0 Å². The minimum absolute atomic E-state index is 0.0998. The van der Waals surface area contributed by atoms with E-state index in [1.54, 1.807) is 43.5 Å². The summed E-state index contributed by atoms with van der Waals surface area (Å²) in [6, 6.07) is 25.1. The Morgan fingerprint density at radius 3 is 2.36 bits per heavy atom. The fraction of sp³-hybridized carbons (Fsp3) is 0.167. The first-order valence-corrected chi connectivity index (χ1v) is 12.9. The van der Waals surface area contributed by atoms with Gasteiger partial charge in [0.25, 0.3) is 0 Å². The highest BCUT2D eigenvalue weighted by Gasteiger charge is 2.30. The van der Waals surface area contributed by atoms with Gasteiger partial charge in [-0.3, -0.25) is 0 Å². The summed E-state index contributed by atoms with van der Waals surface area (Å²) in [7, 11) is 1.55. The maximum Gasteiger partial charge on any atom is 0.416 e. The zero-order valence-corrected chi connectivity index (χ0v) is 21.8. The standard InChI is InChI=1S/C30H26F4N2O2S/c1-38-27-9-4-10-28(19-27)39-29(35-25-7-3-6-23(18-25)30(32,33)34)36(20-22-5-2-8-26(37)17-22)16-15-21-11-13-24(31)14-12-21/h2-14,17-19,37H,15-16,20H2,1H3. The van der Waals surface area contributed by atoms with Gasteiger partial charge in [0.1, 0.15) is 17.3 Å². The molecule has 0 aliphatic heterocycles. The monoisotopic (exact) mass is 554 g/mol. The van der Waals surface area contributed by atoms with E-state index in [4.69, 9.17) is 4.74 Å². The first kappa shape index (κ1) is 28.0. The molecule has 0 radical (unpaired) electrons. The van der Waals surface area contributed by atoms with Crippen LogP contribution in [0.4, 0.5) is 23.2 Å². The number of amidine groups is 1. The molecule has 4 aromatic carbocycles. The Kier molecular flexibility index (Phi) is 9.14. The Hall–Kier alpha value is -3.98. The second-order valence-corrected chi connectivity index (χ2v) is 9.73. The highest BCUT2D eigenvalue weighted by molar-refractivity contribution is 8.13. The van der Waals surface area contributed by atoms with Crippen LogP contribution in [-0.4, -0.2) is 28.8 Å². The van der Waals surface area contributed by atoms with E-state index in [2.05, 4.69) is 4.99 Å². The molecule has 1 N–H and O–H groups in total. The van der Waals surface area contributed by atoms with Gasteiger partial charge in [0.15, 0.2) is 5.17 Å². The van der Waals surface area contributed by atoms with Gasteiger partial charge in [-0.1, -0.05) is 48.2 Å². The minimum Gasteiger partial charge on any atom is -0.508 e. The number of nitrogens with zero attached hydrogens (tertiary/aromatic N) is 2. The molecule has 9 heteroatoms. The summed E-state index contributed by atoms with van der Waals surface area (Å²) in [4.78, 5) is 7.38. The molecule has 4 rings (SSSR count). The normalized spacial score (nSPS) is 11.9. The molecule has 202 valence electrons. The number of aromatic hydroxyl groups is 1. The number of halogens is 4. The van der Waals surface area contributed by atoms with E-state index in [1.165, 1.54) is 36.0 Å². The summed E-state index contributed by atoms with van der Waals surface area (Å²) in [5.74, 6) is 0.391. The van der Waals surface area contributed by atoms with Crippen molar-refractivity contribution in [2.75, 3.05) is 13.7 Å². The highest BCUT2D eigenvalue weighted by Crippen LogP contribution is 2.33. The predicted octanol–water partition coefficient (Wildman–Crippen LogP) is 8.08. The van der Waals surface area contributed by atoms with Gasteiger partial charge in [-0.2, -0.15) is 13.2 Å². The van der Waals surface area contributed by atoms with Crippen LogP contribution in [0, 0.1) is 5.82 Å². The molecule has 39 heavy (non-hydrogen) atoms. The molecule has 0 aliphatic rings. The number of ether oxygens (including phenoxy) is 1. The van der Waals surface area contributed by atoms with E-state index < -0.39 is 11.7 Å². The molecule has 0 saturated heterocycles. The van der Waals surface area contributed by atoms with Crippen LogP contribution >= 0.6 is 11.8 Å². The third kappa shape index (κ3) is 8.25. The number of phenols is 1. The van der Waals surface area contributed by atoms with Gasteiger partial charge in [0.2, 0.25) is 0 Å². The fourth-order valence-electron chi connectivity index (χ4n) is 3.82. The summed E-state index contributed by atoms with van der Waals surface area (Å²) < 4.78 is 59.1. The Labute approximate surface area is 228 Å². The molecule has 0 saturated carbocycles. The third-order valence-electron chi connectivity index (χ3n) is 5.79. The molecular formula is C30H26F4N2O2S. The molecule has 4 nitrogen and oxygen atoms in total. The molecule has 0 amide bonds. The van der Waals surface area contributed by atoms with E-state index in [-0.39, 0.29) is 17.3 Å². The van der Waals surface area contributed by atoms with Gasteiger partial charge in [-0.05, 0) is 78.2 Å². The molecule has 4 aromatic rings. The van der Waals surface area contributed by atoms with Gasteiger partial charge in [-0.25, -0.2) is 9.38 Å². The van der Waals surface area contributed by atoms with Crippen molar-refractivity contribution in [3.8, 4) is 11.5 Å². The molecule has 0 spiro atoms. The fourth-order valence-corrected chi connectivity index (χ4v) is 4.79. The Morgan fingerprint density at radius 2 is 1.64 bits per heavy atom. The van der Waals surface area contributed by atoms with E-state index in [9.17, 15) is 22.7 Å². The molecule has 0 heterocycles. The first-order valence-electron chi connectivity index (χ1n) is 12.0. The smallest absolute Gasteiger partial charge is 0.416 e. The van der Waals surface area contributed by atoms with Crippen molar-refractivity contribution in [1.82, 2.24) is 4.90 Å². The van der Waals surface area contributed by atoms with Crippen LogP contribution in [0.25, 0.3) is 0 Å². The lowest BCUT2D eigenvalue weighted by Crippen LogP contribution is -2.30. The predicted molar refractivity (Wildman–Crippen MR) is 146 cm³/mol. The van der Waals surface area contributed by atoms with Crippen LogP contribution in [0.2, 0.25) is 0 Å². The van der Waals surface area contributed by atoms with Crippen molar-refractivity contribution in [2.24, 2.45) is 4.99 Å². The molecule has 0 aliphatic carbocycles. The van der Waals surface area contributed by atoms with Crippen LogP contribution in [0.3, 0.4) is 0 Å². The van der Waals surface area contributed by atoms with Crippen molar-refractivity contribution >= 4 is 22.6 Å². The maximum atomic E-state index is 13.5. The molecule has 0 aromatic heterocycles. The molecule has 0 unspecified atom stereocenters. The minimum atomic E-state index is -4.50. The number of alkyl halides is 3. The summed E-state index contributed by atoms with van der Waals surface area (Å²) in [6.45, 7) is 0.750. The number of aliphatic imine (C=N–C) groups is 1. The first-order chi connectivity index (χ1) is 18.7. The largest absolute Gasteiger partial charge is 0.508 e. The number of rotatable bonds is 8. The Morgan fingerprint density at radius 1 is 0.897 bits per heavy atom. The maximum absolute atomic E-state index is 13.5. The third-order valence-corrected chi connectivity index (χ3v) is 6.81. The number of hydrogen-bond donors (Lipinski definition) is 1. The number of methoxy groups -OCH3 is 1. The van der Waals surface area contributed by atoms with E-state index in [0.29, 0.717) is 30.4 Å². The average Bonchev–Trinajstić information content (AvgIpc) is 2.91. The van der Waals surface area contributed by atoms with Crippen LogP contribution < -0.4 is 4.74 Å².